The largest absolute Gasteiger partial charge is 0.456 e. The predicted octanol–water partition coefficient (Wildman–Crippen LogP) is 2.99. The number of amides is 1. The zero-order chi connectivity index (χ0) is 19.6. The maximum absolute atomic E-state index is 12.1. The fraction of sp³-hybridized carbons (Fsp3) is 0.176. The van der Waals surface area contributed by atoms with E-state index in [-0.39, 0.29) is 28.6 Å². The first-order valence-corrected chi connectivity index (χ1v) is 9.68. The van der Waals surface area contributed by atoms with E-state index in [1.165, 1.54) is 18.2 Å². The van der Waals surface area contributed by atoms with Crippen LogP contribution in [0.4, 0.5) is 0 Å². The van der Waals surface area contributed by atoms with Crippen LogP contribution in [-0.4, -0.2) is 26.5 Å². The number of carbonyl (C=O) groups is 1. The monoisotopic (exact) mass is 431 g/mol. The minimum Gasteiger partial charge on any atom is -0.456 e. The molecule has 0 aromatic heterocycles. The minimum atomic E-state index is -3.68. The van der Waals surface area contributed by atoms with Crippen LogP contribution >= 0.6 is 24.0 Å². The molecule has 7 nitrogen and oxygen atoms in total. The van der Waals surface area contributed by atoms with Gasteiger partial charge in [0.05, 0.1) is 0 Å². The van der Waals surface area contributed by atoms with Gasteiger partial charge in [-0.3, -0.25) is 4.79 Å². The second-order valence-electron chi connectivity index (χ2n) is 5.75. The molecule has 4 N–H and O–H groups in total. The van der Waals surface area contributed by atoms with Gasteiger partial charge in [-0.2, -0.15) is 4.99 Å². The number of carbonyl (C=O) groups excluding carboxylic acids is 1. The number of aryl methyl sites for hydroxylation is 2. The Morgan fingerprint density at radius 3 is 2.15 bits per heavy atom. The highest BCUT2D eigenvalue weighted by Gasteiger charge is 2.19. The van der Waals surface area contributed by atoms with E-state index in [1.54, 1.807) is 12.1 Å². The third-order valence-electron chi connectivity index (χ3n) is 3.46. The van der Waals surface area contributed by atoms with Gasteiger partial charge in [0.25, 0.3) is 5.91 Å². The van der Waals surface area contributed by atoms with Gasteiger partial charge >= 0.3 is 0 Å². The number of rotatable bonds is 4. The standard InChI is InChI=1S/C17H18ClN3O4S.ClH/c1-9-6-12(7-10(2)15(9)18)25-13-5-4-11(16(22)21-17(19)20)8-14(13)26(3,23)24;/h4-8H,1-3H3,(H4,19,20,21,22);1H. The van der Waals surface area contributed by atoms with Crippen molar-refractivity contribution in [1.82, 2.24) is 0 Å². The summed E-state index contributed by atoms with van der Waals surface area (Å²) in [4.78, 5) is 15.2. The van der Waals surface area contributed by atoms with Gasteiger partial charge in [-0.25, -0.2) is 8.42 Å². The van der Waals surface area contributed by atoms with Crippen LogP contribution < -0.4 is 16.2 Å². The fourth-order valence-corrected chi connectivity index (χ4v) is 3.21. The average Bonchev–Trinajstić information content (AvgIpc) is 2.51. The molecule has 2 rings (SSSR count). The number of aliphatic imine (C=N–C) groups is 1. The van der Waals surface area contributed by atoms with Crippen LogP contribution in [0.25, 0.3) is 0 Å². The predicted molar refractivity (Wildman–Crippen MR) is 108 cm³/mol. The summed E-state index contributed by atoms with van der Waals surface area (Å²) in [6.45, 7) is 3.63. The average molecular weight is 432 g/mol. The Bertz CT molecular complexity index is 994. The van der Waals surface area contributed by atoms with Crippen molar-refractivity contribution in [3.8, 4) is 11.5 Å². The zero-order valence-corrected chi connectivity index (χ0v) is 17.2. The summed E-state index contributed by atoms with van der Waals surface area (Å²) in [7, 11) is -3.68. The quantitative estimate of drug-likeness (QED) is 0.565. The molecular formula is C17H19Cl2N3O4S. The SMILES string of the molecule is Cc1cc(Oc2ccc(C(=O)N=C(N)N)cc2S(C)(=O)=O)cc(C)c1Cl.Cl. The Hall–Kier alpha value is -2.29. The molecule has 0 aliphatic heterocycles. The highest BCUT2D eigenvalue weighted by Crippen LogP contribution is 2.33. The third kappa shape index (κ3) is 5.59. The summed E-state index contributed by atoms with van der Waals surface area (Å²) in [6, 6.07) is 7.33. The van der Waals surface area contributed by atoms with Gasteiger partial charge in [-0.1, -0.05) is 11.6 Å². The molecule has 0 spiro atoms. The lowest BCUT2D eigenvalue weighted by Crippen LogP contribution is -2.24. The van der Waals surface area contributed by atoms with Crippen LogP contribution in [0.15, 0.2) is 40.2 Å². The fourth-order valence-electron chi connectivity index (χ4n) is 2.29. The Morgan fingerprint density at radius 2 is 1.67 bits per heavy atom. The summed E-state index contributed by atoms with van der Waals surface area (Å²) < 4.78 is 30.0. The van der Waals surface area contributed by atoms with Crippen LogP contribution in [0.2, 0.25) is 5.02 Å². The molecule has 0 saturated carbocycles. The Labute approximate surface area is 168 Å². The number of sulfone groups is 1. The number of hydrogen-bond acceptors (Lipinski definition) is 4. The minimum absolute atomic E-state index is 0. The van der Waals surface area contributed by atoms with Gasteiger partial charge in [0.1, 0.15) is 16.4 Å². The molecule has 0 aliphatic rings. The number of halogens is 2. The summed E-state index contributed by atoms with van der Waals surface area (Å²) in [5.41, 5.74) is 12.0. The van der Waals surface area contributed by atoms with Crippen LogP contribution in [0.3, 0.4) is 0 Å². The maximum atomic E-state index is 12.1. The number of nitrogens with zero attached hydrogens (tertiary/aromatic N) is 1. The number of hydrogen-bond donors (Lipinski definition) is 2. The van der Waals surface area contributed by atoms with Gasteiger partial charge in [-0.05, 0) is 55.3 Å². The summed E-state index contributed by atoms with van der Waals surface area (Å²) >= 11 is 6.13. The third-order valence-corrected chi connectivity index (χ3v) is 5.17. The smallest absolute Gasteiger partial charge is 0.280 e. The van der Waals surface area contributed by atoms with Gasteiger partial charge in [0.15, 0.2) is 15.8 Å². The molecule has 0 saturated heterocycles. The zero-order valence-electron chi connectivity index (χ0n) is 14.8. The van der Waals surface area contributed by atoms with Crippen LogP contribution in [0, 0.1) is 13.8 Å². The number of benzene rings is 2. The van der Waals surface area contributed by atoms with E-state index >= 15 is 0 Å². The molecule has 27 heavy (non-hydrogen) atoms. The van der Waals surface area contributed by atoms with Crippen molar-refractivity contribution < 1.29 is 17.9 Å². The molecular weight excluding hydrogens is 413 g/mol. The lowest BCUT2D eigenvalue weighted by atomic mass is 10.1. The highest BCUT2D eigenvalue weighted by molar-refractivity contribution is 7.90. The van der Waals surface area contributed by atoms with E-state index in [9.17, 15) is 13.2 Å². The van der Waals surface area contributed by atoms with Crippen molar-refractivity contribution >= 4 is 45.7 Å². The first-order valence-electron chi connectivity index (χ1n) is 7.41. The molecule has 0 bridgehead atoms. The van der Waals surface area contributed by atoms with E-state index in [2.05, 4.69) is 4.99 Å². The molecule has 0 aliphatic carbocycles. The van der Waals surface area contributed by atoms with Crippen molar-refractivity contribution in [1.29, 1.82) is 0 Å². The lowest BCUT2D eigenvalue weighted by Gasteiger charge is -2.13. The van der Waals surface area contributed by atoms with Crippen molar-refractivity contribution in [3.63, 3.8) is 0 Å². The van der Waals surface area contributed by atoms with Crippen LogP contribution in [0.1, 0.15) is 21.5 Å². The Kier molecular flexibility index (Phi) is 7.25. The molecule has 1 amide bonds. The first-order chi connectivity index (χ1) is 12.0. The van der Waals surface area contributed by atoms with E-state index in [1.807, 2.05) is 13.8 Å². The summed E-state index contributed by atoms with van der Waals surface area (Å²) in [6.07, 6.45) is 1.02. The molecule has 0 fully saturated rings. The van der Waals surface area contributed by atoms with Crippen LogP contribution in [0.5, 0.6) is 11.5 Å². The molecule has 2 aromatic rings. The van der Waals surface area contributed by atoms with Crippen molar-refractivity contribution in [2.24, 2.45) is 16.5 Å². The van der Waals surface area contributed by atoms with Crippen molar-refractivity contribution in [2.75, 3.05) is 6.26 Å². The van der Waals surface area contributed by atoms with Gasteiger partial charge in [0.2, 0.25) is 0 Å². The summed E-state index contributed by atoms with van der Waals surface area (Å²) in [5.74, 6) is -0.657. The second-order valence-corrected chi connectivity index (χ2v) is 8.11. The lowest BCUT2D eigenvalue weighted by molar-refractivity contribution is 0.100. The van der Waals surface area contributed by atoms with Gasteiger partial charge in [-0.15, -0.1) is 12.4 Å². The number of nitrogens with two attached hydrogens (primary N) is 2. The first kappa shape index (κ1) is 22.8. The van der Waals surface area contributed by atoms with E-state index in [0.29, 0.717) is 10.8 Å². The van der Waals surface area contributed by atoms with Crippen molar-refractivity contribution in [3.05, 3.63) is 52.0 Å². The van der Waals surface area contributed by atoms with Gasteiger partial charge < -0.3 is 16.2 Å². The maximum Gasteiger partial charge on any atom is 0.280 e. The van der Waals surface area contributed by atoms with Gasteiger partial charge in [0, 0.05) is 16.8 Å². The van der Waals surface area contributed by atoms with E-state index < -0.39 is 21.7 Å². The van der Waals surface area contributed by atoms with Crippen molar-refractivity contribution in [2.45, 2.75) is 18.7 Å². The normalized spacial score (nSPS) is 10.7. The molecule has 10 heteroatoms. The molecule has 0 unspecified atom stereocenters. The Balaban J connectivity index is 0.00000364. The van der Waals surface area contributed by atoms with Crippen LogP contribution in [-0.2, 0) is 9.84 Å². The Morgan fingerprint density at radius 1 is 1.11 bits per heavy atom. The topological polar surface area (TPSA) is 125 Å². The van der Waals surface area contributed by atoms with E-state index in [4.69, 9.17) is 27.8 Å². The number of guanidine groups is 1. The second kappa shape index (κ2) is 8.60. The number of ether oxygens (including phenoxy) is 1. The highest BCUT2D eigenvalue weighted by atomic mass is 35.5. The molecule has 2 aromatic carbocycles. The van der Waals surface area contributed by atoms with E-state index in [0.717, 1.165) is 17.4 Å². The molecule has 146 valence electrons. The molecule has 0 atom stereocenters. The molecule has 0 heterocycles. The summed E-state index contributed by atoms with van der Waals surface area (Å²) in [5, 5.41) is 0.610. The molecule has 0 radical (unpaired) electrons.